The number of nitrogens with one attached hydrogen (secondary N) is 2. The first-order valence-electron chi connectivity index (χ1n) is 27.0. The number of cyclic esters (lactones) is 1. The summed E-state index contributed by atoms with van der Waals surface area (Å²) >= 11 is 0. The van der Waals surface area contributed by atoms with Crippen molar-refractivity contribution < 1.29 is 33.1 Å². The zero-order valence-corrected chi connectivity index (χ0v) is 47.5. The molecule has 14 heteroatoms. The minimum atomic E-state index is -2.52. The first kappa shape index (κ1) is 55.8. The van der Waals surface area contributed by atoms with E-state index in [2.05, 4.69) is 128 Å². The summed E-state index contributed by atoms with van der Waals surface area (Å²) in [5, 5.41) is 5.68. The van der Waals surface area contributed by atoms with Crippen molar-refractivity contribution in [1.29, 1.82) is 0 Å². The van der Waals surface area contributed by atoms with Gasteiger partial charge in [0.15, 0.2) is 0 Å². The average Bonchev–Trinajstić information content (AvgIpc) is 3.66. The zero-order valence-electron chi connectivity index (χ0n) is 46.5. The molecule has 2 aromatic heterocycles. The van der Waals surface area contributed by atoms with Crippen molar-refractivity contribution in [3.8, 4) is 28.1 Å². The third kappa shape index (κ3) is 11.9. The van der Waals surface area contributed by atoms with E-state index in [9.17, 15) is 14.4 Å². The van der Waals surface area contributed by atoms with Crippen molar-refractivity contribution in [2.24, 2.45) is 11.3 Å². The van der Waals surface area contributed by atoms with Gasteiger partial charge in [-0.1, -0.05) is 126 Å². The van der Waals surface area contributed by atoms with Gasteiger partial charge in [-0.05, 0) is 119 Å². The number of carbonyl (C=O) groups excluding carboxylic acids is 4. The van der Waals surface area contributed by atoms with Crippen molar-refractivity contribution in [2.75, 3.05) is 20.2 Å². The number of rotatable bonds is 14. The van der Waals surface area contributed by atoms with Crippen molar-refractivity contribution in [3.63, 3.8) is 0 Å². The summed E-state index contributed by atoms with van der Waals surface area (Å²) in [6, 6.07) is 23.6. The molecule has 0 radical (unpaired) electrons. The third-order valence-electron chi connectivity index (χ3n) is 15.3. The van der Waals surface area contributed by atoms with Crippen molar-refractivity contribution in [3.05, 3.63) is 107 Å². The number of hydrazine groups is 1. The van der Waals surface area contributed by atoms with Gasteiger partial charge in [0.05, 0.1) is 18.0 Å². The van der Waals surface area contributed by atoms with Gasteiger partial charge < -0.3 is 23.8 Å². The lowest BCUT2D eigenvalue weighted by molar-refractivity contribution is -0.155. The fourth-order valence-corrected chi connectivity index (χ4v) is 17.0. The molecule has 1 fully saturated rings. The van der Waals surface area contributed by atoms with Crippen LogP contribution in [0.3, 0.4) is 0 Å². The molecule has 2 aliphatic heterocycles. The lowest BCUT2D eigenvalue weighted by atomic mass is 9.83. The Balaban J connectivity index is 1.41. The summed E-state index contributed by atoms with van der Waals surface area (Å²) in [6.07, 6.45) is 2.91. The van der Waals surface area contributed by atoms with Gasteiger partial charge in [0, 0.05) is 54.6 Å². The molecule has 1 saturated heterocycles. The summed E-state index contributed by atoms with van der Waals surface area (Å²) in [4.78, 5) is 64.0. The topological polar surface area (TPSA) is 144 Å². The van der Waals surface area contributed by atoms with E-state index in [0.29, 0.717) is 25.8 Å². The van der Waals surface area contributed by atoms with Crippen LogP contribution in [0.5, 0.6) is 5.75 Å². The Kier molecular flexibility index (Phi) is 17.5. The van der Waals surface area contributed by atoms with Crippen molar-refractivity contribution in [1.82, 2.24) is 30.2 Å². The summed E-state index contributed by atoms with van der Waals surface area (Å²) < 4.78 is 21.8. The van der Waals surface area contributed by atoms with Crippen LogP contribution >= 0.6 is 0 Å². The normalized spacial score (nSPS) is 18.0. The number of amides is 3. The van der Waals surface area contributed by atoms with Crippen LogP contribution in [0.1, 0.15) is 131 Å². The van der Waals surface area contributed by atoms with Gasteiger partial charge in [0.25, 0.3) is 14.2 Å². The molecule has 0 saturated carbocycles. The fraction of sp³-hybridized carbons (Fsp3) is 0.517. The molecule has 13 nitrogen and oxygen atoms in total. The van der Waals surface area contributed by atoms with Gasteiger partial charge in [0.1, 0.15) is 30.5 Å². The Labute approximate surface area is 441 Å². The van der Waals surface area contributed by atoms with E-state index >= 15 is 4.79 Å². The maximum absolute atomic E-state index is 15.2. The number of esters is 1. The molecule has 6 bridgehead atoms. The smallest absolute Gasteiger partial charge is 0.410 e. The molecule has 3 amide bonds. The summed E-state index contributed by atoms with van der Waals surface area (Å²) in [5.41, 5.74) is 12.5. The second kappa shape index (κ2) is 23.3. The second-order valence-electron chi connectivity index (χ2n) is 23.0. The van der Waals surface area contributed by atoms with Crippen LogP contribution in [0, 0.1) is 11.3 Å². The first-order valence-corrected chi connectivity index (χ1v) is 29.1. The summed E-state index contributed by atoms with van der Waals surface area (Å²) in [7, 11) is -0.970. The maximum atomic E-state index is 15.2. The molecule has 0 unspecified atom stereocenters. The number of carbonyl (C=O) groups is 4. The molecule has 3 aromatic carbocycles. The maximum Gasteiger partial charge on any atom is 0.410 e. The Hall–Kier alpha value is -5.99. The van der Waals surface area contributed by atoms with Crippen LogP contribution in [-0.4, -0.2) is 90.0 Å². The van der Waals surface area contributed by atoms with E-state index in [1.807, 2.05) is 62.5 Å². The summed E-state index contributed by atoms with van der Waals surface area (Å²) in [5.74, 6) is -0.811. The number of pyridine rings is 1. The molecule has 7 rings (SSSR count). The number of nitrogens with zero attached hydrogens (tertiary/aromatic N) is 4. The van der Waals surface area contributed by atoms with Gasteiger partial charge in [-0.15, -0.1) is 0 Å². The van der Waals surface area contributed by atoms with E-state index in [-0.39, 0.29) is 48.1 Å². The molecule has 5 aromatic rings. The minimum Gasteiger partial charge on any atom is -0.543 e. The molecule has 3 atom stereocenters. The van der Waals surface area contributed by atoms with Crippen LogP contribution in [0.15, 0.2) is 85.1 Å². The number of likely N-dealkylation sites (N-methyl/N-ethyl adjacent to an activating group) is 1. The molecule has 2 N–H and O–H groups in total. The number of hydrogen-bond acceptors (Lipinski definition) is 9. The Morgan fingerprint density at radius 2 is 1.61 bits per heavy atom. The van der Waals surface area contributed by atoms with E-state index in [1.165, 1.54) is 9.91 Å². The third-order valence-corrected chi connectivity index (χ3v) is 21.3. The SMILES string of the molecule is CCn1c(-c2cccnc2C(C)C)c2c3cc(ccc31)-c1cc(cc(O[Si](C(C)C)(C(C)C)C(C)C)c1)C[C@H](NC(=O)[C@H](C(C)C)N(C)C(=O)OCc1ccccc1)C(=O)N1CCC[C@H](N1)C(=O)OCC(C)(C)C2. The number of fused-ring (bicyclic) bond motifs is 6. The molecular formula is C60H82N6O7Si. The Morgan fingerprint density at radius 3 is 2.26 bits per heavy atom. The van der Waals surface area contributed by atoms with Gasteiger partial charge in [-0.3, -0.25) is 29.3 Å². The average molecular weight is 1030 g/mol. The highest BCUT2D eigenvalue weighted by atomic mass is 28.4. The zero-order chi connectivity index (χ0) is 53.8. The van der Waals surface area contributed by atoms with Gasteiger partial charge >= 0.3 is 12.1 Å². The highest BCUT2D eigenvalue weighted by Crippen LogP contribution is 2.45. The molecule has 0 spiro atoms. The van der Waals surface area contributed by atoms with Crippen molar-refractivity contribution in [2.45, 2.75) is 170 Å². The van der Waals surface area contributed by atoms with Crippen LogP contribution in [-0.2, 0) is 49.9 Å². The van der Waals surface area contributed by atoms with Gasteiger partial charge in [-0.2, -0.15) is 0 Å². The van der Waals surface area contributed by atoms with Crippen LogP contribution in [0.4, 0.5) is 4.79 Å². The monoisotopic (exact) mass is 1030 g/mol. The van der Waals surface area contributed by atoms with Crippen LogP contribution in [0.25, 0.3) is 33.3 Å². The molecular weight excluding hydrogens is 945 g/mol. The Bertz CT molecular complexity index is 2780. The van der Waals surface area contributed by atoms with E-state index in [0.717, 1.165) is 68.0 Å². The first-order chi connectivity index (χ1) is 35.1. The highest BCUT2D eigenvalue weighted by molar-refractivity contribution is 6.78. The lowest BCUT2D eigenvalue weighted by Crippen LogP contribution is -2.62. The van der Waals surface area contributed by atoms with E-state index in [1.54, 1.807) is 7.05 Å². The number of benzene rings is 3. The number of ether oxygens (including phenoxy) is 2. The number of aromatic nitrogens is 2. The molecule has 398 valence electrons. The summed E-state index contributed by atoms with van der Waals surface area (Å²) in [6.45, 7) is 29.4. The predicted octanol–water partition coefficient (Wildman–Crippen LogP) is 12.0. The quantitative estimate of drug-likeness (QED) is 0.0820. The predicted molar refractivity (Wildman–Crippen MR) is 297 cm³/mol. The number of aryl methyl sites for hydroxylation is 1. The van der Waals surface area contributed by atoms with E-state index < -0.39 is 55.7 Å². The van der Waals surface area contributed by atoms with E-state index in [4.69, 9.17) is 18.9 Å². The standard InChI is InChI=1S/C60H82N6O7Si/c1-15-65-52-26-25-44-33-48(52)49(55(65)47-23-19-27-61-53(47)37(2)3)34-60(12,13)36-72-58(69)50-24-20-28-66(63-50)57(68)51(31-43-29-45(44)32-46(30-43)73-74(39(6)7,40(8)9)41(10)11)62-56(67)54(38(4)5)64(14)59(70)71-35-42-21-17-16-18-22-42/h16-19,21-23,25-27,29-30,32-33,37-41,50-51,54,63H,15,20,24,28,31,34-36H2,1-14H3,(H,62,67)/t50-,51-,54-/m0/s1. The van der Waals surface area contributed by atoms with Gasteiger partial charge in [0.2, 0.25) is 5.91 Å². The lowest BCUT2D eigenvalue weighted by Gasteiger charge is -2.42. The fourth-order valence-electron chi connectivity index (χ4n) is 11.8. The number of hydrogen-bond donors (Lipinski definition) is 2. The molecule has 0 aliphatic carbocycles. The Morgan fingerprint density at radius 1 is 0.905 bits per heavy atom. The van der Waals surface area contributed by atoms with Crippen LogP contribution < -0.4 is 15.2 Å². The molecule has 74 heavy (non-hydrogen) atoms. The molecule has 4 heterocycles. The second-order valence-corrected chi connectivity index (χ2v) is 28.4. The highest BCUT2D eigenvalue weighted by Gasteiger charge is 2.47. The largest absolute Gasteiger partial charge is 0.543 e. The van der Waals surface area contributed by atoms with Gasteiger partial charge in [-0.25, -0.2) is 10.2 Å². The van der Waals surface area contributed by atoms with Crippen LogP contribution in [0.2, 0.25) is 16.6 Å². The minimum absolute atomic E-state index is 0.0397. The van der Waals surface area contributed by atoms with Crippen molar-refractivity contribution >= 4 is 43.1 Å². The molecule has 2 aliphatic rings.